The summed E-state index contributed by atoms with van der Waals surface area (Å²) in [6.45, 7) is -2.29. The summed E-state index contributed by atoms with van der Waals surface area (Å²) in [5.41, 5.74) is 5.17. The molecule has 0 unspecified atom stereocenters. The highest BCUT2D eigenvalue weighted by molar-refractivity contribution is 7.89. The van der Waals surface area contributed by atoms with Crippen LogP contribution in [0.15, 0.2) is 89.8 Å². The van der Waals surface area contributed by atoms with E-state index in [1.165, 1.54) is 30.3 Å². The monoisotopic (exact) mass is 815 g/mol. The van der Waals surface area contributed by atoms with Crippen LogP contribution in [0.5, 0.6) is 5.75 Å². The molecule has 1 heterocycles. The lowest BCUT2D eigenvalue weighted by Crippen LogP contribution is -2.63. The van der Waals surface area contributed by atoms with Gasteiger partial charge in [-0.25, -0.2) is 22.0 Å². The SMILES string of the molecule is N[C@H]1CCN(C(=O)[C@@H](N(OC(=O)C(F)(F)F)S(=O)(=O)c2ccc3cc(OC4CCCC4)ccc3c2)C(F)(F)c2ccc(-c3ccc(Cl)cc3)cc2)CC1(F)F. The third kappa shape index (κ3) is 8.54. The number of alkyl halides is 7. The van der Waals surface area contributed by atoms with Gasteiger partial charge in [0.1, 0.15) is 5.75 Å². The van der Waals surface area contributed by atoms with E-state index in [-0.39, 0.29) is 16.4 Å². The van der Waals surface area contributed by atoms with Crippen LogP contribution in [0.1, 0.15) is 37.7 Å². The Labute approximate surface area is 315 Å². The predicted molar refractivity (Wildman–Crippen MR) is 187 cm³/mol. The van der Waals surface area contributed by atoms with Crippen molar-refractivity contribution in [3.63, 3.8) is 0 Å². The number of nitrogens with two attached hydrogens (primary N) is 1. The maximum absolute atomic E-state index is 16.9. The number of halogens is 8. The van der Waals surface area contributed by atoms with E-state index in [0.717, 1.165) is 62.1 Å². The first kappa shape index (κ1) is 40.2. The van der Waals surface area contributed by atoms with Crippen LogP contribution in [0.4, 0.5) is 30.7 Å². The van der Waals surface area contributed by atoms with E-state index in [0.29, 0.717) is 27.3 Å². The van der Waals surface area contributed by atoms with Crippen molar-refractivity contribution in [1.29, 1.82) is 0 Å². The topological polar surface area (TPSA) is 119 Å². The van der Waals surface area contributed by atoms with Crippen LogP contribution in [0.25, 0.3) is 21.9 Å². The van der Waals surface area contributed by atoms with Gasteiger partial charge in [-0.2, -0.15) is 22.0 Å². The number of hydrogen-bond acceptors (Lipinski definition) is 7. The number of piperidine rings is 1. The van der Waals surface area contributed by atoms with E-state index in [9.17, 15) is 40.0 Å². The highest BCUT2D eigenvalue weighted by atomic mass is 35.5. The van der Waals surface area contributed by atoms with Crippen molar-refractivity contribution in [1.82, 2.24) is 9.37 Å². The van der Waals surface area contributed by atoms with Crippen LogP contribution in [0, 0.1) is 0 Å². The Morgan fingerprint density at radius 2 is 1.44 bits per heavy atom. The molecule has 294 valence electrons. The molecule has 0 bridgehead atoms. The number of hydrogen-bond donors (Lipinski definition) is 1. The minimum Gasteiger partial charge on any atom is -0.490 e. The Morgan fingerprint density at radius 3 is 2.04 bits per heavy atom. The molecular formula is C37H33ClF7N3O6S. The smallest absolute Gasteiger partial charge is 0.490 e. The summed E-state index contributed by atoms with van der Waals surface area (Å²) in [5.74, 6) is -13.6. The van der Waals surface area contributed by atoms with E-state index in [1.807, 2.05) is 0 Å². The minimum atomic E-state index is -5.96. The second kappa shape index (κ2) is 15.2. The van der Waals surface area contributed by atoms with Crippen molar-refractivity contribution in [3.05, 3.63) is 95.5 Å². The molecule has 4 aromatic rings. The fourth-order valence-corrected chi connectivity index (χ4v) is 8.01. The zero-order valence-electron chi connectivity index (χ0n) is 28.6. The zero-order chi connectivity index (χ0) is 39.9. The molecule has 1 saturated heterocycles. The quantitative estimate of drug-likeness (QED) is 0.128. The van der Waals surface area contributed by atoms with Gasteiger partial charge in [0.25, 0.3) is 21.9 Å². The van der Waals surface area contributed by atoms with Crippen molar-refractivity contribution < 1.29 is 58.3 Å². The second-order valence-corrected chi connectivity index (χ2v) is 15.6. The number of carbonyl (C=O) groups excluding carboxylic acids is 2. The molecule has 1 aliphatic heterocycles. The van der Waals surface area contributed by atoms with Crippen LogP contribution >= 0.6 is 11.6 Å². The van der Waals surface area contributed by atoms with Gasteiger partial charge < -0.3 is 20.2 Å². The maximum Gasteiger partial charge on any atom is 0.492 e. The van der Waals surface area contributed by atoms with Gasteiger partial charge in [0.2, 0.25) is 6.04 Å². The lowest BCUT2D eigenvalue weighted by atomic mass is 9.95. The standard InChI is InChI=1S/C37H33ClF7N3O6S/c38-27-13-7-23(8-14-27)22-5-11-26(12-6-22)36(41,42)32(33(49)47-18-17-31(46)35(39,40)21-47)48(54-34(50)37(43,44)45)55(51,52)30-16-10-24-19-29(15-9-25(24)20-30)53-28-3-1-2-4-28/h5-16,19-20,28,31-32H,1-4,17-18,21,46H2/t31-,32+/m0/s1. The molecule has 9 nitrogen and oxygen atoms in total. The largest absolute Gasteiger partial charge is 0.492 e. The Balaban J connectivity index is 1.46. The van der Waals surface area contributed by atoms with E-state index in [1.54, 1.807) is 18.2 Å². The highest BCUT2D eigenvalue weighted by Gasteiger charge is 2.59. The molecule has 2 atom stereocenters. The second-order valence-electron chi connectivity index (χ2n) is 13.4. The van der Waals surface area contributed by atoms with Gasteiger partial charge in [-0.1, -0.05) is 60.1 Å². The fourth-order valence-electron chi connectivity index (χ4n) is 6.49. The molecule has 18 heteroatoms. The summed E-state index contributed by atoms with van der Waals surface area (Å²) < 4.78 is 138. The molecule has 1 saturated carbocycles. The molecule has 0 spiro atoms. The molecular weight excluding hydrogens is 783 g/mol. The summed E-state index contributed by atoms with van der Waals surface area (Å²) in [4.78, 5) is 29.7. The number of nitrogens with zero attached hydrogens (tertiary/aromatic N) is 2. The summed E-state index contributed by atoms with van der Waals surface area (Å²) in [6.07, 6.45) is -2.99. The average molecular weight is 816 g/mol. The number of fused-ring (bicyclic) bond motifs is 1. The van der Waals surface area contributed by atoms with Crippen molar-refractivity contribution in [2.24, 2.45) is 5.73 Å². The molecule has 1 amide bonds. The fraction of sp³-hybridized carbons (Fsp3) is 0.351. The van der Waals surface area contributed by atoms with Crippen molar-refractivity contribution >= 4 is 44.3 Å². The summed E-state index contributed by atoms with van der Waals surface area (Å²) >= 11 is 5.92. The molecule has 1 aliphatic carbocycles. The number of sulfonamides is 1. The number of amides is 1. The highest BCUT2D eigenvalue weighted by Crippen LogP contribution is 2.41. The van der Waals surface area contributed by atoms with Gasteiger partial charge in [0.15, 0.2) is 0 Å². The Kier molecular flexibility index (Phi) is 11.1. The Hall–Kier alpha value is -4.45. The lowest BCUT2D eigenvalue weighted by Gasteiger charge is -2.41. The van der Waals surface area contributed by atoms with Gasteiger partial charge in [0.05, 0.1) is 23.6 Å². The van der Waals surface area contributed by atoms with E-state index >= 15 is 8.78 Å². The molecule has 6 rings (SSSR count). The number of rotatable bonds is 10. The molecule has 2 aliphatic rings. The third-order valence-electron chi connectivity index (χ3n) is 9.53. The van der Waals surface area contributed by atoms with Crippen LogP contribution in [-0.4, -0.2) is 73.0 Å². The molecule has 0 radical (unpaired) electrons. The molecule has 2 fully saturated rings. The van der Waals surface area contributed by atoms with Crippen molar-refractivity contribution in [2.45, 2.75) is 73.2 Å². The number of benzene rings is 4. The molecule has 2 N–H and O–H groups in total. The minimum absolute atomic E-state index is 0.0330. The number of likely N-dealkylation sites (tertiary alicyclic amines) is 1. The van der Waals surface area contributed by atoms with Crippen LogP contribution in [-0.2, 0) is 30.4 Å². The van der Waals surface area contributed by atoms with E-state index in [2.05, 4.69) is 4.84 Å². The van der Waals surface area contributed by atoms with Gasteiger partial charge in [-0.05, 0) is 94.9 Å². The lowest BCUT2D eigenvalue weighted by molar-refractivity contribution is -0.240. The Morgan fingerprint density at radius 1 is 0.855 bits per heavy atom. The van der Waals surface area contributed by atoms with Crippen molar-refractivity contribution in [3.8, 4) is 16.9 Å². The average Bonchev–Trinajstić information content (AvgIpc) is 3.65. The summed E-state index contributed by atoms with van der Waals surface area (Å²) in [5, 5.41) is 0.912. The van der Waals surface area contributed by atoms with Gasteiger partial charge >= 0.3 is 18.1 Å². The van der Waals surface area contributed by atoms with Crippen LogP contribution in [0.2, 0.25) is 5.02 Å². The first-order valence-electron chi connectivity index (χ1n) is 17.0. The molecule has 55 heavy (non-hydrogen) atoms. The van der Waals surface area contributed by atoms with Gasteiger partial charge in [-0.15, -0.1) is 0 Å². The molecule has 4 aromatic carbocycles. The summed E-state index contributed by atoms with van der Waals surface area (Å²) in [7, 11) is -5.84. The van der Waals surface area contributed by atoms with Crippen LogP contribution < -0.4 is 10.5 Å². The van der Waals surface area contributed by atoms with Gasteiger partial charge in [0, 0.05) is 17.1 Å². The van der Waals surface area contributed by atoms with Crippen LogP contribution in [0.3, 0.4) is 0 Å². The number of hydroxylamine groups is 1. The van der Waals surface area contributed by atoms with E-state index in [4.69, 9.17) is 22.1 Å². The number of ether oxygens (including phenoxy) is 1. The summed E-state index contributed by atoms with van der Waals surface area (Å²) in [6, 6.07) is 12.0. The maximum atomic E-state index is 16.9. The molecule has 0 aromatic heterocycles. The normalized spacial score (nSPS) is 18.7. The number of carbonyl (C=O) groups is 2. The predicted octanol–water partition coefficient (Wildman–Crippen LogP) is 7.85. The first-order valence-corrected chi connectivity index (χ1v) is 18.8. The van der Waals surface area contributed by atoms with Crippen molar-refractivity contribution in [2.75, 3.05) is 13.1 Å². The third-order valence-corrected chi connectivity index (χ3v) is 11.4. The van der Waals surface area contributed by atoms with Gasteiger partial charge in [-0.3, -0.25) is 4.79 Å². The first-order chi connectivity index (χ1) is 25.8. The Bertz CT molecular complexity index is 2170. The van der Waals surface area contributed by atoms with E-state index < -0.39 is 86.4 Å². The zero-order valence-corrected chi connectivity index (χ0v) is 30.2.